The van der Waals surface area contributed by atoms with Gasteiger partial charge in [-0.15, -0.1) is 0 Å². The van der Waals surface area contributed by atoms with E-state index >= 15 is 0 Å². The van der Waals surface area contributed by atoms with Gasteiger partial charge in [0.25, 0.3) is 0 Å². The highest BCUT2D eigenvalue weighted by Gasteiger charge is 2.40. The fourth-order valence-electron chi connectivity index (χ4n) is 3.84. The predicted molar refractivity (Wildman–Crippen MR) is 127 cm³/mol. The van der Waals surface area contributed by atoms with Crippen molar-refractivity contribution in [1.82, 2.24) is 14.8 Å². The number of nitrogens with zero attached hydrogens (tertiary/aromatic N) is 3. The second-order valence-corrected chi connectivity index (χ2v) is 9.59. The molecule has 2 atom stereocenters. The quantitative estimate of drug-likeness (QED) is 0.410. The minimum atomic E-state index is -5.08. The SMILES string of the molecule is O=C(O)C(F)(F)F.O=C(O)C(F)(F)F.O=C(O)C(F)(F)F.c1cncc(CN2CC3CN(Cc4ccsc4)CC3C2)c1. The van der Waals surface area contributed by atoms with Crippen molar-refractivity contribution in [2.75, 3.05) is 26.2 Å². The fourth-order valence-corrected chi connectivity index (χ4v) is 4.50. The van der Waals surface area contributed by atoms with Crippen LogP contribution >= 0.6 is 11.3 Å². The van der Waals surface area contributed by atoms with E-state index in [1.165, 1.54) is 37.3 Å². The van der Waals surface area contributed by atoms with Crippen LogP contribution in [0.5, 0.6) is 0 Å². The van der Waals surface area contributed by atoms with Gasteiger partial charge in [-0.25, -0.2) is 14.4 Å². The van der Waals surface area contributed by atoms with Crippen LogP contribution in [0.4, 0.5) is 39.5 Å². The molecule has 9 nitrogen and oxygen atoms in total. The summed E-state index contributed by atoms with van der Waals surface area (Å²) in [5.41, 5.74) is 2.82. The van der Waals surface area contributed by atoms with Crippen molar-refractivity contribution in [3.8, 4) is 0 Å². The molecule has 2 saturated heterocycles. The Morgan fingerprint density at radius 1 is 0.738 bits per heavy atom. The molecule has 42 heavy (non-hydrogen) atoms. The molecule has 2 aliphatic rings. The minimum absolute atomic E-state index is 0.861. The smallest absolute Gasteiger partial charge is 0.475 e. The lowest BCUT2D eigenvalue weighted by molar-refractivity contribution is -0.193. The number of carboxylic acid groups (broad SMARTS) is 3. The fraction of sp³-hybridized carbons (Fsp3) is 0.478. The number of fused-ring (bicyclic) bond motifs is 1. The van der Waals surface area contributed by atoms with Gasteiger partial charge in [0.1, 0.15) is 0 Å². The molecule has 2 unspecified atom stereocenters. The van der Waals surface area contributed by atoms with Crippen LogP contribution < -0.4 is 0 Å². The van der Waals surface area contributed by atoms with E-state index in [4.69, 9.17) is 29.7 Å². The van der Waals surface area contributed by atoms with E-state index in [0.717, 1.165) is 24.9 Å². The number of hydrogen-bond donors (Lipinski definition) is 3. The maximum atomic E-state index is 10.6. The zero-order chi connectivity index (χ0) is 32.3. The van der Waals surface area contributed by atoms with Gasteiger partial charge in [0.15, 0.2) is 0 Å². The first-order valence-corrected chi connectivity index (χ1v) is 12.4. The first-order valence-electron chi connectivity index (χ1n) is 11.4. The van der Waals surface area contributed by atoms with Crippen LogP contribution in [0.25, 0.3) is 0 Å². The van der Waals surface area contributed by atoms with Gasteiger partial charge in [0.05, 0.1) is 0 Å². The van der Waals surface area contributed by atoms with Gasteiger partial charge in [-0.1, -0.05) is 6.07 Å². The Balaban J connectivity index is 0.000000348. The number of halogens is 9. The maximum absolute atomic E-state index is 10.6. The molecule has 0 spiro atoms. The van der Waals surface area contributed by atoms with Crippen LogP contribution in [0.15, 0.2) is 41.4 Å². The summed E-state index contributed by atoms with van der Waals surface area (Å²) in [6, 6.07) is 6.48. The van der Waals surface area contributed by atoms with Crippen molar-refractivity contribution in [2.45, 2.75) is 31.6 Å². The molecule has 4 rings (SSSR count). The minimum Gasteiger partial charge on any atom is -0.475 e. The highest BCUT2D eigenvalue weighted by molar-refractivity contribution is 7.07. The van der Waals surface area contributed by atoms with Crippen LogP contribution in [0.3, 0.4) is 0 Å². The highest BCUT2D eigenvalue weighted by Crippen LogP contribution is 2.32. The van der Waals surface area contributed by atoms with E-state index in [9.17, 15) is 39.5 Å². The molecule has 236 valence electrons. The number of alkyl halides is 9. The number of rotatable bonds is 4. The number of carboxylic acids is 3. The molecule has 0 amide bonds. The molecule has 0 saturated carbocycles. The van der Waals surface area contributed by atoms with Crippen LogP contribution in [0.2, 0.25) is 0 Å². The molecule has 2 fully saturated rings. The monoisotopic (exact) mass is 641 g/mol. The second kappa shape index (κ2) is 15.7. The Kier molecular flexibility index (Phi) is 13.7. The molecule has 19 heteroatoms. The Labute approximate surface area is 235 Å². The molecule has 0 radical (unpaired) electrons. The number of aromatic nitrogens is 1. The third kappa shape index (κ3) is 13.9. The van der Waals surface area contributed by atoms with Gasteiger partial charge in [-0.2, -0.15) is 50.9 Å². The molecule has 0 aliphatic carbocycles. The molecule has 2 aromatic heterocycles. The van der Waals surface area contributed by atoms with Gasteiger partial charge in [0.2, 0.25) is 0 Å². The molecule has 2 aromatic rings. The average Bonchev–Trinajstić information content (AvgIpc) is 3.57. The summed E-state index contributed by atoms with van der Waals surface area (Å²) in [6.07, 6.45) is -11.4. The van der Waals surface area contributed by atoms with Gasteiger partial charge >= 0.3 is 36.4 Å². The Hall–Kier alpha value is -3.45. The Bertz CT molecular complexity index is 1060. The normalized spacial score (nSPS) is 18.8. The molecule has 2 aliphatic heterocycles. The zero-order valence-corrected chi connectivity index (χ0v) is 22.0. The molecule has 0 bridgehead atoms. The van der Waals surface area contributed by atoms with Crippen molar-refractivity contribution < 1.29 is 69.2 Å². The van der Waals surface area contributed by atoms with E-state index in [1.54, 1.807) is 11.3 Å². The van der Waals surface area contributed by atoms with E-state index in [-0.39, 0.29) is 0 Å². The average molecular weight is 642 g/mol. The van der Waals surface area contributed by atoms with Gasteiger partial charge in [-0.05, 0) is 45.9 Å². The van der Waals surface area contributed by atoms with E-state index in [1.807, 2.05) is 18.5 Å². The first-order chi connectivity index (χ1) is 19.2. The summed E-state index contributed by atoms with van der Waals surface area (Å²) < 4.78 is 95.2. The third-order valence-electron chi connectivity index (χ3n) is 5.48. The summed E-state index contributed by atoms with van der Waals surface area (Å²) >= 11 is 1.81. The summed E-state index contributed by atoms with van der Waals surface area (Å²) in [4.78, 5) is 36.1. The Morgan fingerprint density at radius 3 is 1.40 bits per heavy atom. The topological polar surface area (TPSA) is 131 Å². The summed E-state index contributed by atoms with van der Waals surface area (Å²) in [5, 5.41) is 25.8. The van der Waals surface area contributed by atoms with Crippen LogP contribution in [-0.2, 0) is 27.5 Å². The van der Waals surface area contributed by atoms with Crippen LogP contribution in [-0.4, -0.2) is 92.7 Å². The second-order valence-electron chi connectivity index (χ2n) is 8.81. The molecule has 0 aromatic carbocycles. The van der Waals surface area contributed by atoms with Crippen molar-refractivity contribution in [3.63, 3.8) is 0 Å². The number of thiophene rings is 1. The summed E-state index contributed by atoms with van der Waals surface area (Å²) in [6.45, 7) is 7.23. The standard InChI is InChI=1S/C17H21N3S.3C2HF3O2/c1-2-14(6-18-4-1)7-19-9-16-11-20(12-17(16)10-19)8-15-3-5-21-13-15;3*3-2(4,5)1(6)7/h1-6,13,16-17H,7-12H2;3*(H,6,7). The van der Waals surface area contributed by atoms with Crippen molar-refractivity contribution in [3.05, 3.63) is 52.5 Å². The van der Waals surface area contributed by atoms with E-state index < -0.39 is 36.4 Å². The van der Waals surface area contributed by atoms with Crippen molar-refractivity contribution in [2.24, 2.45) is 11.8 Å². The number of aliphatic carboxylic acids is 3. The number of pyridine rings is 1. The molecule has 4 heterocycles. The van der Waals surface area contributed by atoms with E-state index in [2.05, 4.69) is 37.7 Å². The molecule has 3 N–H and O–H groups in total. The first kappa shape index (κ1) is 36.6. The maximum Gasteiger partial charge on any atom is 0.490 e. The summed E-state index contributed by atoms with van der Waals surface area (Å²) in [5.74, 6) is -6.55. The largest absolute Gasteiger partial charge is 0.490 e. The summed E-state index contributed by atoms with van der Waals surface area (Å²) in [7, 11) is 0. The van der Waals surface area contributed by atoms with Crippen molar-refractivity contribution >= 4 is 29.2 Å². The van der Waals surface area contributed by atoms with Gasteiger partial charge < -0.3 is 15.3 Å². The van der Waals surface area contributed by atoms with Crippen LogP contribution in [0.1, 0.15) is 11.1 Å². The molecular formula is C23H24F9N3O6S. The zero-order valence-electron chi connectivity index (χ0n) is 21.2. The third-order valence-corrected chi connectivity index (χ3v) is 6.21. The van der Waals surface area contributed by atoms with Gasteiger partial charge in [-0.3, -0.25) is 14.8 Å². The van der Waals surface area contributed by atoms with E-state index in [0.29, 0.717) is 0 Å². The van der Waals surface area contributed by atoms with Gasteiger partial charge in [0, 0.05) is 51.7 Å². The lowest BCUT2D eigenvalue weighted by Crippen LogP contribution is -2.28. The van der Waals surface area contributed by atoms with Crippen molar-refractivity contribution in [1.29, 1.82) is 0 Å². The molecular weight excluding hydrogens is 617 g/mol. The lowest BCUT2D eigenvalue weighted by Gasteiger charge is -2.21. The number of carbonyl (C=O) groups is 3. The number of hydrogen-bond acceptors (Lipinski definition) is 7. The Morgan fingerprint density at radius 2 is 1.12 bits per heavy atom. The lowest BCUT2D eigenvalue weighted by atomic mass is 10.0. The highest BCUT2D eigenvalue weighted by atomic mass is 32.1. The number of likely N-dealkylation sites (tertiary alicyclic amines) is 2. The predicted octanol–water partition coefficient (Wildman–Crippen LogP) is 4.61. The van der Waals surface area contributed by atoms with Crippen LogP contribution in [0, 0.1) is 11.8 Å².